The number of Topliss-reactive ketones (excluding diaryl/α,β-unsaturated/α-hetero) is 1. The van der Waals surface area contributed by atoms with Crippen LogP contribution in [0.2, 0.25) is 0 Å². The number of amides is 1. The van der Waals surface area contributed by atoms with Crippen LogP contribution in [-0.2, 0) is 11.8 Å². The van der Waals surface area contributed by atoms with E-state index in [1.54, 1.807) is 51.6 Å². The highest BCUT2D eigenvalue weighted by atomic mass is 16.5. The van der Waals surface area contributed by atoms with Crippen molar-refractivity contribution < 1.29 is 19.1 Å². The molecule has 3 rings (SSSR count). The van der Waals surface area contributed by atoms with Crippen molar-refractivity contribution in [3.05, 3.63) is 82.7 Å². The Morgan fingerprint density at radius 2 is 1.50 bits per heavy atom. The number of methoxy groups -OCH3 is 1. The van der Waals surface area contributed by atoms with Crippen LogP contribution < -0.4 is 0 Å². The molecule has 2 aromatic carbocycles. The van der Waals surface area contributed by atoms with Gasteiger partial charge in [-0.05, 0) is 49.6 Å². The smallest absolute Gasteiger partial charge is 0.354 e. The molecule has 0 saturated carbocycles. The van der Waals surface area contributed by atoms with E-state index in [1.807, 2.05) is 42.5 Å². The molecule has 32 heavy (non-hydrogen) atoms. The van der Waals surface area contributed by atoms with E-state index in [0.29, 0.717) is 28.1 Å². The number of aromatic nitrogens is 1. The standard InChI is InChI=1S/C26H28N2O4/c1-16-22(17(2)27(4)23(16)26(31)32-6)24(29)18(3)28(5)25(30)21-14-12-20(13-15-21)19-10-8-7-9-11-19/h7-15,18H,1-6H3. The summed E-state index contributed by atoms with van der Waals surface area (Å²) < 4.78 is 6.51. The number of ketones is 1. The van der Waals surface area contributed by atoms with E-state index in [0.717, 1.165) is 11.1 Å². The van der Waals surface area contributed by atoms with Crippen LogP contribution in [0.25, 0.3) is 11.1 Å². The number of benzene rings is 2. The average Bonchev–Trinajstić information content (AvgIpc) is 3.05. The second-order valence-corrected chi connectivity index (χ2v) is 7.88. The third-order valence-electron chi connectivity index (χ3n) is 6.08. The highest BCUT2D eigenvalue weighted by Crippen LogP contribution is 2.25. The van der Waals surface area contributed by atoms with Gasteiger partial charge in [0.1, 0.15) is 5.69 Å². The molecule has 1 amide bonds. The molecular formula is C26H28N2O4. The maximum absolute atomic E-state index is 13.3. The molecule has 0 fully saturated rings. The Morgan fingerprint density at radius 1 is 0.938 bits per heavy atom. The van der Waals surface area contributed by atoms with E-state index in [2.05, 4.69) is 0 Å². The summed E-state index contributed by atoms with van der Waals surface area (Å²) in [6.45, 7) is 5.20. The molecule has 0 aliphatic rings. The van der Waals surface area contributed by atoms with Crippen molar-refractivity contribution in [2.75, 3.05) is 14.2 Å². The summed E-state index contributed by atoms with van der Waals surface area (Å²) in [5, 5.41) is 0. The third-order valence-corrected chi connectivity index (χ3v) is 6.08. The van der Waals surface area contributed by atoms with Crippen LogP contribution in [0.15, 0.2) is 54.6 Å². The molecule has 0 aliphatic carbocycles. The molecule has 0 N–H and O–H groups in total. The zero-order valence-electron chi connectivity index (χ0n) is 19.3. The molecule has 0 radical (unpaired) electrons. The Bertz CT molecular complexity index is 1160. The summed E-state index contributed by atoms with van der Waals surface area (Å²) in [5.74, 6) is -0.963. The van der Waals surface area contributed by atoms with Gasteiger partial charge in [0.05, 0.1) is 13.2 Å². The van der Waals surface area contributed by atoms with Gasteiger partial charge in [-0.2, -0.15) is 0 Å². The highest BCUT2D eigenvalue weighted by Gasteiger charge is 2.31. The van der Waals surface area contributed by atoms with Crippen LogP contribution in [0.1, 0.15) is 49.4 Å². The minimum absolute atomic E-state index is 0.220. The zero-order valence-corrected chi connectivity index (χ0v) is 19.3. The molecule has 6 heteroatoms. The van der Waals surface area contributed by atoms with Crippen LogP contribution in [0.3, 0.4) is 0 Å². The van der Waals surface area contributed by atoms with Gasteiger partial charge in [-0.15, -0.1) is 0 Å². The molecule has 6 nitrogen and oxygen atoms in total. The van der Waals surface area contributed by atoms with Crippen molar-refractivity contribution in [2.24, 2.45) is 7.05 Å². The van der Waals surface area contributed by atoms with Crippen molar-refractivity contribution in [1.82, 2.24) is 9.47 Å². The van der Waals surface area contributed by atoms with Gasteiger partial charge in [-0.25, -0.2) is 4.79 Å². The normalized spacial score (nSPS) is 11.7. The lowest BCUT2D eigenvalue weighted by Gasteiger charge is -2.24. The maximum Gasteiger partial charge on any atom is 0.354 e. The third kappa shape index (κ3) is 4.08. The fourth-order valence-electron chi connectivity index (χ4n) is 3.93. The molecule has 1 heterocycles. The van der Waals surface area contributed by atoms with Crippen molar-refractivity contribution in [3.8, 4) is 11.1 Å². The van der Waals surface area contributed by atoms with Crippen LogP contribution in [0.5, 0.6) is 0 Å². The number of carbonyl (C=O) groups excluding carboxylic acids is 3. The summed E-state index contributed by atoms with van der Waals surface area (Å²) >= 11 is 0. The average molecular weight is 433 g/mol. The van der Waals surface area contributed by atoms with Gasteiger partial charge in [0.25, 0.3) is 5.91 Å². The molecule has 1 aromatic heterocycles. The molecule has 1 unspecified atom stereocenters. The highest BCUT2D eigenvalue weighted by molar-refractivity contribution is 6.07. The molecule has 0 saturated heterocycles. The lowest BCUT2D eigenvalue weighted by Crippen LogP contribution is -2.40. The summed E-state index contributed by atoms with van der Waals surface area (Å²) in [4.78, 5) is 40.0. The molecule has 1 atom stereocenters. The minimum Gasteiger partial charge on any atom is -0.464 e. The summed E-state index contributed by atoms with van der Waals surface area (Å²) in [7, 11) is 4.65. The topological polar surface area (TPSA) is 68.6 Å². The minimum atomic E-state index is -0.707. The second kappa shape index (κ2) is 9.22. The number of carbonyl (C=O) groups is 3. The van der Waals surface area contributed by atoms with E-state index < -0.39 is 12.0 Å². The first kappa shape index (κ1) is 23.0. The fourth-order valence-corrected chi connectivity index (χ4v) is 3.93. The first-order chi connectivity index (χ1) is 15.2. The van der Waals surface area contributed by atoms with E-state index in [9.17, 15) is 14.4 Å². The lowest BCUT2D eigenvalue weighted by molar-refractivity contribution is 0.0588. The predicted molar refractivity (Wildman–Crippen MR) is 124 cm³/mol. The Balaban J connectivity index is 1.84. The van der Waals surface area contributed by atoms with Crippen molar-refractivity contribution in [3.63, 3.8) is 0 Å². The Morgan fingerprint density at radius 3 is 2.06 bits per heavy atom. The van der Waals surface area contributed by atoms with Gasteiger partial charge in [-0.3, -0.25) is 9.59 Å². The Hall–Kier alpha value is -3.67. The molecular weight excluding hydrogens is 404 g/mol. The van der Waals surface area contributed by atoms with Gasteiger partial charge in [0.15, 0.2) is 5.78 Å². The monoisotopic (exact) mass is 432 g/mol. The van der Waals surface area contributed by atoms with Crippen LogP contribution in [0, 0.1) is 13.8 Å². The summed E-state index contributed by atoms with van der Waals surface area (Å²) in [6.07, 6.45) is 0. The van der Waals surface area contributed by atoms with Gasteiger partial charge in [0.2, 0.25) is 0 Å². The lowest BCUT2D eigenvalue weighted by atomic mass is 9.99. The van der Waals surface area contributed by atoms with E-state index in [4.69, 9.17) is 4.74 Å². The number of hydrogen-bond donors (Lipinski definition) is 0. The number of esters is 1. The van der Waals surface area contributed by atoms with Crippen LogP contribution in [0.4, 0.5) is 0 Å². The SMILES string of the molecule is COC(=O)c1c(C)c(C(=O)C(C)N(C)C(=O)c2ccc(-c3ccccc3)cc2)c(C)n1C. The zero-order chi connectivity index (χ0) is 23.6. The Kier molecular flexibility index (Phi) is 6.63. The number of ether oxygens (including phenoxy) is 1. The van der Waals surface area contributed by atoms with Gasteiger partial charge >= 0.3 is 5.97 Å². The maximum atomic E-state index is 13.3. The molecule has 0 spiro atoms. The van der Waals surface area contributed by atoms with Crippen LogP contribution in [-0.4, -0.2) is 47.3 Å². The fraction of sp³-hybridized carbons (Fsp3) is 0.269. The van der Waals surface area contributed by atoms with Crippen molar-refractivity contribution in [2.45, 2.75) is 26.8 Å². The second-order valence-electron chi connectivity index (χ2n) is 7.88. The first-order valence-electron chi connectivity index (χ1n) is 10.4. The molecule has 166 valence electrons. The van der Waals surface area contributed by atoms with Crippen LogP contribution >= 0.6 is 0 Å². The number of likely N-dealkylation sites (N-methyl/N-ethyl adjacent to an activating group) is 1. The van der Waals surface area contributed by atoms with Gasteiger partial charge in [0, 0.05) is 30.9 Å². The van der Waals surface area contributed by atoms with Crippen molar-refractivity contribution >= 4 is 17.7 Å². The van der Waals surface area contributed by atoms with Gasteiger partial charge in [-0.1, -0.05) is 42.5 Å². The summed E-state index contributed by atoms with van der Waals surface area (Å²) in [6, 6.07) is 16.5. The number of nitrogens with zero attached hydrogens (tertiary/aromatic N) is 2. The van der Waals surface area contributed by atoms with Gasteiger partial charge < -0.3 is 14.2 Å². The first-order valence-corrected chi connectivity index (χ1v) is 10.4. The number of hydrogen-bond acceptors (Lipinski definition) is 4. The number of rotatable bonds is 6. The van der Waals surface area contributed by atoms with E-state index in [1.165, 1.54) is 12.0 Å². The van der Waals surface area contributed by atoms with E-state index in [-0.39, 0.29) is 11.7 Å². The molecule has 0 aliphatic heterocycles. The summed E-state index contributed by atoms with van der Waals surface area (Å²) in [5.41, 5.74) is 4.59. The quantitative estimate of drug-likeness (QED) is 0.427. The van der Waals surface area contributed by atoms with Crippen molar-refractivity contribution in [1.29, 1.82) is 0 Å². The molecule has 3 aromatic rings. The van der Waals surface area contributed by atoms with E-state index >= 15 is 0 Å². The largest absolute Gasteiger partial charge is 0.464 e. The predicted octanol–water partition coefficient (Wildman–Crippen LogP) is 4.44. The Labute approximate surface area is 188 Å². The molecule has 0 bridgehead atoms.